The Morgan fingerprint density at radius 1 is 1.39 bits per heavy atom. The SMILES string of the molecule is CCCNC(Cc1ncc[nH]1)C1(C)CCCCC1. The van der Waals surface area contributed by atoms with Crippen LogP contribution in [0.15, 0.2) is 12.4 Å². The predicted molar refractivity (Wildman–Crippen MR) is 75.6 cm³/mol. The van der Waals surface area contributed by atoms with Crippen molar-refractivity contribution in [3.8, 4) is 0 Å². The number of hydrogen-bond donors (Lipinski definition) is 2. The number of hydrogen-bond acceptors (Lipinski definition) is 2. The zero-order chi connectivity index (χ0) is 12.8. The lowest BCUT2D eigenvalue weighted by Crippen LogP contribution is -2.46. The maximum Gasteiger partial charge on any atom is 0.107 e. The lowest BCUT2D eigenvalue weighted by Gasteiger charge is -2.41. The molecule has 0 aromatic carbocycles. The van der Waals surface area contributed by atoms with Crippen molar-refractivity contribution < 1.29 is 0 Å². The van der Waals surface area contributed by atoms with Crippen LogP contribution in [0.4, 0.5) is 0 Å². The fraction of sp³-hybridized carbons (Fsp3) is 0.800. The molecule has 18 heavy (non-hydrogen) atoms. The van der Waals surface area contributed by atoms with Gasteiger partial charge in [-0.15, -0.1) is 0 Å². The van der Waals surface area contributed by atoms with Crippen LogP contribution in [0.2, 0.25) is 0 Å². The second kappa shape index (κ2) is 6.37. The zero-order valence-corrected chi connectivity index (χ0v) is 11.8. The van der Waals surface area contributed by atoms with Gasteiger partial charge in [-0.3, -0.25) is 0 Å². The molecule has 1 saturated carbocycles. The molecular formula is C15H27N3. The molecule has 1 atom stereocenters. The third-order valence-corrected chi connectivity index (χ3v) is 4.43. The van der Waals surface area contributed by atoms with Gasteiger partial charge < -0.3 is 10.3 Å². The summed E-state index contributed by atoms with van der Waals surface area (Å²) in [5.74, 6) is 1.12. The van der Waals surface area contributed by atoms with E-state index in [1.54, 1.807) is 0 Å². The number of imidazole rings is 1. The highest BCUT2D eigenvalue weighted by molar-refractivity contribution is 4.98. The van der Waals surface area contributed by atoms with Gasteiger partial charge in [-0.2, -0.15) is 0 Å². The van der Waals surface area contributed by atoms with Crippen molar-refractivity contribution in [1.29, 1.82) is 0 Å². The Labute approximate surface area is 111 Å². The molecular weight excluding hydrogens is 222 g/mol. The fourth-order valence-corrected chi connectivity index (χ4v) is 3.19. The highest BCUT2D eigenvalue weighted by Crippen LogP contribution is 2.39. The second-order valence-corrected chi connectivity index (χ2v) is 5.96. The molecule has 1 fully saturated rings. The molecule has 3 nitrogen and oxygen atoms in total. The highest BCUT2D eigenvalue weighted by atomic mass is 15.0. The smallest absolute Gasteiger partial charge is 0.107 e. The summed E-state index contributed by atoms with van der Waals surface area (Å²) < 4.78 is 0. The number of H-pyrrole nitrogens is 1. The Morgan fingerprint density at radius 2 is 2.17 bits per heavy atom. The fourth-order valence-electron chi connectivity index (χ4n) is 3.19. The summed E-state index contributed by atoms with van der Waals surface area (Å²) in [5.41, 5.74) is 0.445. The van der Waals surface area contributed by atoms with E-state index in [0.717, 1.165) is 18.8 Å². The third kappa shape index (κ3) is 3.35. The molecule has 0 aliphatic heterocycles. The van der Waals surface area contributed by atoms with Crippen LogP contribution < -0.4 is 5.32 Å². The summed E-state index contributed by atoms with van der Waals surface area (Å²) >= 11 is 0. The van der Waals surface area contributed by atoms with Crippen LogP contribution in [0.3, 0.4) is 0 Å². The first-order valence-corrected chi connectivity index (χ1v) is 7.46. The molecule has 1 aliphatic carbocycles. The van der Waals surface area contributed by atoms with Gasteiger partial charge in [0, 0.05) is 24.9 Å². The van der Waals surface area contributed by atoms with Gasteiger partial charge in [0.05, 0.1) is 0 Å². The largest absolute Gasteiger partial charge is 0.349 e. The highest BCUT2D eigenvalue weighted by Gasteiger charge is 2.35. The normalized spacial score (nSPS) is 20.8. The van der Waals surface area contributed by atoms with E-state index in [-0.39, 0.29) is 0 Å². The van der Waals surface area contributed by atoms with E-state index in [9.17, 15) is 0 Å². The van der Waals surface area contributed by atoms with Gasteiger partial charge in [-0.25, -0.2) is 4.98 Å². The van der Waals surface area contributed by atoms with Gasteiger partial charge >= 0.3 is 0 Å². The van der Waals surface area contributed by atoms with Crippen LogP contribution in [0.25, 0.3) is 0 Å². The van der Waals surface area contributed by atoms with Crippen molar-refractivity contribution in [2.45, 2.75) is 64.8 Å². The lowest BCUT2D eigenvalue weighted by atomic mass is 9.69. The standard InChI is InChI=1S/C15H27N3/c1-3-9-16-13(12-14-17-10-11-18-14)15(2)7-5-4-6-8-15/h10-11,13,16H,3-9,12H2,1-2H3,(H,17,18). The maximum absolute atomic E-state index is 4.39. The molecule has 1 heterocycles. The van der Waals surface area contributed by atoms with Gasteiger partial charge in [-0.1, -0.05) is 33.1 Å². The van der Waals surface area contributed by atoms with E-state index < -0.39 is 0 Å². The summed E-state index contributed by atoms with van der Waals surface area (Å²) in [7, 11) is 0. The molecule has 0 saturated heterocycles. The zero-order valence-electron chi connectivity index (χ0n) is 11.8. The predicted octanol–water partition coefficient (Wildman–Crippen LogP) is 3.29. The van der Waals surface area contributed by atoms with Crippen molar-refractivity contribution in [3.05, 3.63) is 18.2 Å². The van der Waals surface area contributed by atoms with Crippen LogP contribution in [0.1, 0.15) is 58.2 Å². The topological polar surface area (TPSA) is 40.7 Å². The Kier molecular flexibility index (Phi) is 4.81. The summed E-state index contributed by atoms with van der Waals surface area (Å²) in [5, 5.41) is 3.76. The van der Waals surface area contributed by atoms with E-state index in [2.05, 4.69) is 29.1 Å². The van der Waals surface area contributed by atoms with Crippen molar-refractivity contribution >= 4 is 0 Å². The Hall–Kier alpha value is -0.830. The minimum absolute atomic E-state index is 0.445. The molecule has 0 amide bonds. The average molecular weight is 249 g/mol. The summed E-state index contributed by atoms with van der Waals surface area (Å²) in [4.78, 5) is 7.64. The van der Waals surface area contributed by atoms with Gasteiger partial charge in [0.25, 0.3) is 0 Å². The Bertz CT molecular complexity index is 326. The van der Waals surface area contributed by atoms with Crippen LogP contribution >= 0.6 is 0 Å². The molecule has 2 N–H and O–H groups in total. The Morgan fingerprint density at radius 3 is 2.78 bits per heavy atom. The molecule has 102 valence electrons. The maximum atomic E-state index is 4.39. The molecule has 1 aromatic heterocycles. The Balaban J connectivity index is 2.03. The molecule has 0 spiro atoms. The van der Waals surface area contributed by atoms with Gasteiger partial charge in [0.2, 0.25) is 0 Å². The lowest BCUT2D eigenvalue weighted by molar-refractivity contribution is 0.142. The van der Waals surface area contributed by atoms with Crippen LogP contribution in [-0.2, 0) is 6.42 Å². The summed E-state index contributed by atoms with van der Waals surface area (Å²) in [6.45, 7) is 5.81. The number of nitrogens with zero attached hydrogens (tertiary/aromatic N) is 1. The summed E-state index contributed by atoms with van der Waals surface area (Å²) in [6, 6.07) is 0.559. The van der Waals surface area contributed by atoms with Crippen LogP contribution in [-0.4, -0.2) is 22.6 Å². The van der Waals surface area contributed by atoms with Gasteiger partial charge in [0.1, 0.15) is 5.82 Å². The number of nitrogens with one attached hydrogen (secondary N) is 2. The van der Waals surface area contributed by atoms with Crippen LogP contribution in [0, 0.1) is 5.41 Å². The molecule has 0 radical (unpaired) electrons. The molecule has 1 aliphatic rings. The van der Waals surface area contributed by atoms with E-state index in [4.69, 9.17) is 0 Å². The first-order chi connectivity index (χ1) is 8.74. The van der Waals surface area contributed by atoms with E-state index >= 15 is 0 Å². The number of rotatable bonds is 6. The van der Waals surface area contributed by atoms with Crippen molar-refractivity contribution in [2.75, 3.05) is 6.54 Å². The van der Waals surface area contributed by atoms with Crippen LogP contribution in [0.5, 0.6) is 0 Å². The first kappa shape index (κ1) is 13.6. The third-order valence-electron chi connectivity index (χ3n) is 4.43. The molecule has 1 unspecified atom stereocenters. The molecule has 3 heteroatoms. The number of aromatic nitrogens is 2. The van der Waals surface area contributed by atoms with Crippen molar-refractivity contribution in [1.82, 2.24) is 15.3 Å². The first-order valence-electron chi connectivity index (χ1n) is 7.46. The van der Waals surface area contributed by atoms with Crippen molar-refractivity contribution in [2.24, 2.45) is 5.41 Å². The minimum atomic E-state index is 0.445. The number of aromatic amines is 1. The van der Waals surface area contributed by atoms with E-state index in [0.29, 0.717) is 11.5 Å². The minimum Gasteiger partial charge on any atom is -0.349 e. The van der Waals surface area contributed by atoms with E-state index in [1.807, 2.05) is 12.4 Å². The van der Waals surface area contributed by atoms with Gasteiger partial charge in [-0.05, 0) is 31.2 Å². The summed E-state index contributed by atoms with van der Waals surface area (Å²) in [6.07, 6.45) is 12.9. The molecule has 1 aromatic rings. The second-order valence-electron chi connectivity index (χ2n) is 5.96. The molecule has 2 rings (SSSR count). The quantitative estimate of drug-likeness (QED) is 0.812. The monoisotopic (exact) mass is 249 g/mol. The van der Waals surface area contributed by atoms with E-state index in [1.165, 1.54) is 38.5 Å². The van der Waals surface area contributed by atoms with Gasteiger partial charge in [0.15, 0.2) is 0 Å². The average Bonchev–Trinajstić information content (AvgIpc) is 2.88. The molecule has 0 bridgehead atoms. The van der Waals surface area contributed by atoms with Crippen molar-refractivity contribution in [3.63, 3.8) is 0 Å².